The third kappa shape index (κ3) is 6.53. The molecule has 3 heteroatoms. The number of rotatable bonds is 7. The Morgan fingerprint density at radius 3 is 2.36 bits per heavy atom. The summed E-state index contributed by atoms with van der Waals surface area (Å²) in [6, 6.07) is 2.51. The Labute approximate surface area is 71.8 Å². The Morgan fingerprint density at radius 2 is 1.91 bits per heavy atom. The van der Waals surface area contributed by atoms with Crippen molar-refractivity contribution in [1.29, 1.82) is 0 Å². The molecule has 0 fully saturated rings. The molecule has 2 nitrogen and oxygen atoms in total. The van der Waals surface area contributed by atoms with Gasteiger partial charge in [0.05, 0.1) is 0 Å². The fraction of sp³-hybridized carbons (Fsp3) is 1.00. The van der Waals surface area contributed by atoms with E-state index in [0.29, 0.717) is 0 Å². The van der Waals surface area contributed by atoms with Gasteiger partial charge in [0.25, 0.3) is 0 Å². The van der Waals surface area contributed by atoms with E-state index in [1.165, 1.54) is 24.9 Å². The third-order valence-electron chi connectivity index (χ3n) is 1.76. The summed E-state index contributed by atoms with van der Waals surface area (Å²) in [5.41, 5.74) is 5.42. The van der Waals surface area contributed by atoms with Crippen LogP contribution in [0, 0.1) is 0 Å². The van der Waals surface area contributed by atoms with Gasteiger partial charge < -0.3 is 10.2 Å². The van der Waals surface area contributed by atoms with Crippen molar-refractivity contribution in [2.24, 2.45) is 5.73 Å². The Hall–Kier alpha value is 0.137. The van der Waals surface area contributed by atoms with Crippen molar-refractivity contribution in [3.8, 4) is 0 Å². The Bertz CT molecular complexity index is 72.5. The summed E-state index contributed by atoms with van der Waals surface area (Å²) in [4.78, 5) is 0. The molecule has 0 spiro atoms. The lowest BCUT2D eigenvalue weighted by Gasteiger charge is -2.10. The molecule has 67 valence electrons. The minimum Gasteiger partial charge on any atom is -0.420 e. The first kappa shape index (κ1) is 11.1. The van der Waals surface area contributed by atoms with E-state index >= 15 is 0 Å². The van der Waals surface area contributed by atoms with Crippen LogP contribution in [0.2, 0.25) is 12.1 Å². The molecular formula is C8H20NOSi. The topological polar surface area (TPSA) is 35.2 Å². The molecule has 0 aromatic rings. The van der Waals surface area contributed by atoms with Gasteiger partial charge in [-0.05, 0) is 25.1 Å². The highest BCUT2D eigenvalue weighted by atomic mass is 28.3. The van der Waals surface area contributed by atoms with Gasteiger partial charge in [-0.1, -0.05) is 19.8 Å². The van der Waals surface area contributed by atoms with Gasteiger partial charge in [-0.15, -0.1) is 0 Å². The van der Waals surface area contributed by atoms with Crippen LogP contribution in [0.5, 0.6) is 0 Å². The molecule has 11 heavy (non-hydrogen) atoms. The average molecular weight is 174 g/mol. The largest absolute Gasteiger partial charge is 0.420 e. The second-order valence-corrected chi connectivity index (χ2v) is 5.22. The minimum absolute atomic E-state index is 0.489. The molecule has 0 unspecified atom stereocenters. The molecule has 0 amide bonds. The van der Waals surface area contributed by atoms with Crippen LogP contribution in [0.1, 0.15) is 26.2 Å². The standard InChI is InChI=1S/C8H20NOSi/c1-3-4-7-11(10-2)8-5-6-9/h3-9H2,1-2H3. The Morgan fingerprint density at radius 1 is 1.27 bits per heavy atom. The lowest BCUT2D eigenvalue weighted by Crippen LogP contribution is -2.16. The summed E-state index contributed by atoms with van der Waals surface area (Å²) in [6.07, 6.45) is 3.72. The monoisotopic (exact) mass is 174 g/mol. The van der Waals surface area contributed by atoms with E-state index in [0.717, 1.165) is 13.0 Å². The van der Waals surface area contributed by atoms with Crippen LogP contribution in [0.25, 0.3) is 0 Å². The van der Waals surface area contributed by atoms with Crippen LogP contribution in [0.15, 0.2) is 0 Å². The van der Waals surface area contributed by atoms with Crippen molar-refractivity contribution in [1.82, 2.24) is 0 Å². The quantitative estimate of drug-likeness (QED) is 0.597. The van der Waals surface area contributed by atoms with Crippen molar-refractivity contribution in [3.05, 3.63) is 0 Å². The van der Waals surface area contributed by atoms with Gasteiger partial charge in [-0.3, -0.25) is 0 Å². The molecule has 0 saturated heterocycles. The van der Waals surface area contributed by atoms with Crippen LogP contribution >= 0.6 is 0 Å². The highest BCUT2D eigenvalue weighted by Crippen LogP contribution is 2.07. The predicted molar refractivity (Wildman–Crippen MR) is 51.0 cm³/mol. The lowest BCUT2D eigenvalue weighted by atomic mass is 10.4. The maximum atomic E-state index is 5.42. The maximum absolute atomic E-state index is 5.42. The molecule has 0 bridgehead atoms. The molecule has 0 rings (SSSR count). The molecule has 0 aromatic carbocycles. The van der Waals surface area contributed by atoms with Crippen LogP contribution in [0.3, 0.4) is 0 Å². The van der Waals surface area contributed by atoms with Crippen LogP contribution in [-0.4, -0.2) is 22.7 Å². The van der Waals surface area contributed by atoms with Gasteiger partial charge in [0, 0.05) is 7.11 Å². The third-order valence-corrected chi connectivity index (χ3v) is 4.16. The van der Waals surface area contributed by atoms with E-state index in [-0.39, 0.29) is 0 Å². The summed E-state index contributed by atoms with van der Waals surface area (Å²) >= 11 is 0. The summed E-state index contributed by atoms with van der Waals surface area (Å²) < 4.78 is 5.40. The van der Waals surface area contributed by atoms with Crippen LogP contribution in [-0.2, 0) is 4.43 Å². The first-order valence-corrected chi connectivity index (χ1v) is 6.26. The van der Waals surface area contributed by atoms with Crippen molar-refractivity contribution >= 4 is 9.04 Å². The summed E-state index contributed by atoms with van der Waals surface area (Å²) in [5.74, 6) is 0. The molecule has 0 atom stereocenters. The SMILES string of the molecule is CCCC[Si](CCCN)OC. The van der Waals surface area contributed by atoms with Crippen molar-refractivity contribution in [2.75, 3.05) is 13.7 Å². The lowest BCUT2D eigenvalue weighted by molar-refractivity contribution is 0.414. The van der Waals surface area contributed by atoms with Gasteiger partial charge in [0.2, 0.25) is 9.04 Å². The zero-order chi connectivity index (χ0) is 8.53. The molecule has 0 aliphatic rings. The molecule has 2 N–H and O–H groups in total. The fourth-order valence-electron chi connectivity index (χ4n) is 1.00. The van der Waals surface area contributed by atoms with E-state index in [1.54, 1.807) is 0 Å². The van der Waals surface area contributed by atoms with Gasteiger partial charge in [0.15, 0.2) is 0 Å². The number of hydrogen-bond donors (Lipinski definition) is 1. The zero-order valence-corrected chi connectivity index (χ0v) is 8.73. The van der Waals surface area contributed by atoms with E-state index in [9.17, 15) is 0 Å². The van der Waals surface area contributed by atoms with E-state index in [2.05, 4.69) is 6.92 Å². The fourth-order valence-corrected chi connectivity index (χ4v) is 3.01. The summed E-state index contributed by atoms with van der Waals surface area (Å²) in [7, 11) is 1.34. The van der Waals surface area contributed by atoms with Gasteiger partial charge in [0.1, 0.15) is 0 Å². The maximum Gasteiger partial charge on any atom is 0.210 e. The highest BCUT2D eigenvalue weighted by molar-refractivity contribution is 6.51. The van der Waals surface area contributed by atoms with Crippen molar-refractivity contribution in [2.45, 2.75) is 38.3 Å². The van der Waals surface area contributed by atoms with E-state index in [1.807, 2.05) is 7.11 Å². The summed E-state index contributed by atoms with van der Waals surface area (Å²) in [6.45, 7) is 3.03. The normalized spacial score (nSPS) is 10.9. The van der Waals surface area contributed by atoms with E-state index in [4.69, 9.17) is 10.2 Å². The van der Waals surface area contributed by atoms with Crippen molar-refractivity contribution in [3.63, 3.8) is 0 Å². The first-order chi connectivity index (χ1) is 5.35. The second-order valence-electron chi connectivity index (χ2n) is 2.74. The predicted octanol–water partition coefficient (Wildman–Crippen LogP) is 1.77. The van der Waals surface area contributed by atoms with Crippen LogP contribution in [0.4, 0.5) is 0 Å². The van der Waals surface area contributed by atoms with Crippen molar-refractivity contribution < 1.29 is 4.43 Å². The van der Waals surface area contributed by atoms with Crippen LogP contribution < -0.4 is 5.73 Å². The molecular weight excluding hydrogens is 154 g/mol. The molecule has 0 heterocycles. The Kier molecular flexibility index (Phi) is 8.34. The van der Waals surface area contributed by atoms with Gasteiger partial charge in [-0.25, -0.2) is 0 Å². The molecule has 0 saturated carbocycles. The van der Waals surface area contributed by atoms with Gasteiger partial charge in [-0.2, -0.15) is 0 Å². The second kappa shape index (κ2) is 8.24. The van der Waals surface area contributed by atoms with Gasteiger partial charge >= 0.3 is 0 Å². The molecule has 0 aromatic heterocycles. The smallest absolute Gasteiger partial charge is 0.210 e. The average Bonchev–Trinajstić information content (AvgIpc) is 2.05. The summed E-state index contributed by atoms with van der Waals surface area (Å²) in [5, 5.41) is 0. The first-order valence-electron chi connectivity index (χ1n) is 4.43. The molecule has 0 aliphatic carbocycles. The Balaban J connectivity index is 3.25. The zero-order valence-electron chi connectivity index (χ0n) is 7.73. The molecule has 0 aliphatic heterocycles. The minimum atomic E-state index is -0.489. The molecule has 1 radical (unpaired) electrons. The number of nitrogens with two attached hydrogens (primary N) is 1. The highest BCUT2D eigenvalue weighted by Gasteiger charge is 2.08. The number of unbranched alkanes of at least 4 members (excludes halogenated alkanes) is 1. The van der Waals surface area contributed by atoms with E-state index < -0.39 is 9.04 Å². The number of hydrogen-bond acceptors (Lipinski definition) is 2.